The Balaban J connectivity index is 2.36. The van der Waals surface area contributed by atoms with Crippen molar-refractivity contribution in [2.75, 3.05) is 45.8 Å². The fraction of sp³-hybridized carbons (Fsp3) is 0.917. The zero-order valence-electron chi connectivity index (χ0n) is 10.8. The van der Waals surface area contributed by atoms with Crippen molar-refractivity contribution < 1.29 is 9.53 Å². The van der Waals surface area contributed by atoms with Gasteiger partial charge in [-0.2, -0.15) is 0 Å². The Morgan fingerprint density at radius 2 is 2.12 bits per heavy atom. The van der Waals surface area contributed by atoms with Gasteiger partial charge < -0.3 is 9.64 Å². The van der Waals surface area contributed by atoms with Gasteiger partial charge in [-0.15, -0.1) is 11.6 Å². The molecule has 1 rings (SSSR count). The molecule has 0 bridgehead atoms. The van der Waals surface area contributed by atoms with Crippen LogP contribution in [0.3, 0.4) is 0 Å². The van der Waals surface area contributed by atoms with Crippen molar-refractivity contribution in [3.05, 3.63) is 0 Å². The zero-order chi connectivity index (χ0) is 12.7. The maximum absolute atomic E-state index is 11.4. The lowest BCUT2D eigenvalue weighted by molar-refractivity contribution is -0.130. The number of ether oxygens (including phenoxy) is 1. The number of likely N-dealkylation sites (N-methyl/N-ethyl adjacent to an activating group) is 1. The number of alkyl halides is 1. The van der Waals surface area contributed by atoms with Gasteiger partial charge in [0.25, 0.3) is 0 Å². The van der Waals surface area contributed by atoms with Crippen LogP contribution in [0.25, 0.3) is 0 Å². The van der Waals surface area contributed by atoms with Crippen LogP contribution in [-0.2, 0) is 9.53 Å². The van der Waals surface area contributed by atoms with Gasteiger partial charge in [0.15, 0.2) is 0 Å². The Kier molecular flexibility index (Phi) is 6.85. The van der Waals surface area contributed by atoms with E-state index < -0.39 is 0 Å². The maximum atomic E-state index is 11.4. The fourth-order valence-electron chi connectivity index (χ4n) is 2.37. The van der Waals surface area contributed by atoms with Crippen LogP contribution in [0.5, 0.6) is 0 Å². The Labute approximate surface area is 109 Å². The molecule has 1 aliphatic rings. The number of piperidine rings is 1. The third-order valence-corrected chi connectivity index (χ3v) is 3.67. The number of likely N-dealkylation sites (tertiary alicyclic amines) is 1. The normalized spacial score (nSPS) is 17.8. The number of methoxy groups -OCH3 is 1. The minimum Gasteiger partial charge on any atom is -0.383 e. The molecule has 0 aromatic carbocycles. The standard InChI is InChI=1S/C12H23ClN2O2/c1-3-14(8-9-17-2)11-4-6-15(7-5-11)12(16)10-13/h11H,3-10H2,1-2H3. The van der Waals surface area contributed by atoms with Crippen molar-refractivity contribution >= 4 is 17.5 Å². The second kappa shape index (κ2) is 7.90. The molecule has 5 heteroatoms. The number of nitrogens with zero attached hydrogens (tertiary/aromatic N) is 2. The molecule has 1 saturated heterocycles. The zero-order valence-corrected chi connectivity index (χ0v) is 11.6. The molecule has 0 spiro atoms. The number of rotatable bonds is 6. The summed E-state index contributed by atoms with van der Waals surface area (Å²) in [6.45, 7) is 6.62. The number of carbonyl (C=O) groups is 1. The minimum atomic E-state index is 0.0602. The van der Waals surface area contributed by atoms with E-state index in [0.717, 1.165) is 45.6 Å². The van der Waals surface area contributed by atoms with Crippen LogP contribution in [0.4, 0.5) is 0 Å². The lowest BCUT2D eigenvalue weighted by atomic mass is 10.0. The number of hydrogen-bond donors (Lipinski definition) is 0. The third kappa shape index (κ3) is 4.45. The second-order valence-corrected chi connectivity index (χ2v) is 4.63. The van der Waals surface area contributed by atoms with Crippen LogP contribution in [0.15, 0.2) is 0 Å². The monoisotopic (exact) mass is 262 g/mol. The second-order valence-electron chi connectivity index (χ2n) is 4.37. The summed E-state index contributed by atoms with van der Waals surface area (Å²) in [6.07, 6.45) is 2.08. The van der Waals surface area contributed by atoms with Crippen LogP contribution >= 0.6 is 11.6 Å². The number of halogens is 1. The van der Waals surface area contributed by atoms with Gasteiger partial charge in [-0.3, -0.25) is 9.69 Å². The summed E-state index contributed by atoms with van der Waals surface area (Å²) in [7, 11) is 1.73. The summed E-state index contributed by atoms with van der Waals surface area (Å²) in [5, 5.41) is 0. The van der Waals surface area contributed by atoms with Crippen molar-refractivity contribution in [3.63, 3.8) is 0 Å². The van der Waals surface area contributed by atoms with E-state index >= 15 is 0 Å². The number of hydrogen-bond acceptors (Lipinski definition) is 3. The Morgan fingerprint density at radius 1 is 1.47 bits per heavy atom. The number of carbonyl (C=O) groups excluding carboxylic acids is 1. The Morgan fingerprint density at radius 3 is 2.59 bits per heavy atom. The molecule has 0 aromatic rings. The average Bonchev–Trinajstić information content (AvgIpc) is 2.39. The topological polar surface area (TPSA) is 32.8 Å². The predicted molar refractivity (Wildman–Crippen MR) is 69.4 cm³/mol. The van der Waals surface area contributed by atoms with E-state index in [1.807, 2.05) is 4.90 Å². The summed E-state index contributed by atoms with van der Waals surface area (Å²) in [5.41, 5.74) is 0. The minimum absolute atomic E-state index is 0.0602. The molecule has 0 aliphatic carbocycles. The van der Waals surface area contributed by atoms with Crippen LogP contribution in [0.2, 0.25) is 0 Å². The molecule has 1 heterocycles. The molecule has 0 N–H and O–H groups in total. The first kappa shape index (κ1) is 14.7. The molecule has 1 fully saturated rings. The van der Waals surface area contributed by atoms with Gasteiger partial charge in [0.2, 0.25) is 5.91 Å². The van der Waals surface area contributed by atoms with E-state index in [1.54, 1.807) is 7.11 Å². The van der Waals surface area contributed by atoms with Crippen molar-refractivity contribution in [2.45, 2.75) is 25.8 Å². The summed E-state index contributed by atoms with van der Waals surface area (Å²) >= 11 is 5.56. The van der Waals surface area contributed by atoms with E-state index in [-0.39, 0.29) is 11.8 Å². The van der Waals surface area contributed by atoms with E-state index in [1.165, 1.54) is 0 Å². The highest BCUT2D eigenvalue weighted by atomic mass is 35.5. The van der Waals surface area contributed by atoms with Gasteiger partial charge >= 0.3 is 0 Å². The molecule has 4 nitrogen and oxygen atoms in total. The lowest BCUT2D eigenvalue weighted by Gasteiger charge is -2.37. The van der Waals surface area contributed by atoms with E-state index in [0.29, 0.717) is 6.04 Å². The quantitative estimate of drug-likeness (QED) is 0.674. The first-order valence-corrected chi connectivity index (χ1v) is 6.83. The Bertz CT molecular complexity index is 231. The van der Waals surface area contributed by atoms with Gasteiger partial charge in [0, 0.05) is 32.8 Å². The Hall–Kier alpha value is -0.320. The van der Waals surface area contributed by atoms with Crippen molar-refractivity contribution in [1.29, 1.82) is 0 Å². The predicted octanol–water partition coefficient (Wildman–Crippen LogP) is 1.18. The van der Waals surface area contributed by atoms with Crippen molar-refractivity contribution in [1.82, 2.24) is 9.80 Å². The average molecular weight is 263 g/mol. The third-order valence-electron chi connectivity index (χ3n) is 3.44. The molecule has 1 amide bonds. The molecule has 0 aromatic heterocycles. The molecule has 0 saturated carbocycles. The van der Waals surface area contributed by atoms with Crippen molar-refractivity contribution in [3.8, 4) is 0 Å². The first-order valence-electron chi connectivity index (χ1n) is 6.29. The molecule has 1 aliphatic heterocycles. The van der Waals surface area contributed by atoms with Crippen LogP contribution in [0.1, 0.15) is 19.8 Å². The highest BCUT2D eigenvalue weighted by Crippen LogP contribution is 2.16. The van der Waals surface area contributed by atoms with Crippen LogP contribution < -0.4 is 0 Å². The SMILES string of the molecule is CCN(CCOC)C1CCN(C(=O)CCl)CC1. The van der Waals surface area contributed by atoms with Crippen LogP contribution in [-0.4, -0.2) is 67.5 Å². The summed E-state index contributed by atoms with van der Waals surface area (Å²) in [5.74, 6) is 0.163. The molecule has 17 heavy (non-hydrogen) atoms. The van der Waals surface area contributed by atoms with Gasteiger partial charge in [0.1, 0.15) is 5.88 Å². The highest BCUT2D eigenvalue weighted by Gasteiger charge is 2.25. The number of amides is 1. The highest BCUT2D eigenvalue weighted by molar-refractivity contribution is 6.27. The summed E-state index contributed by atoms with van der Waals surface area (Å²) < 4.78 is 5.12. The summed E-state index contributed by atoms with van der Waals surface area (Å²) in [6, 6.07) is 0.578. The van der Waals surface area contributed by atoms with Crippen LogP contribution in [0, 0.1) is 0 Å². The fourth-order valence-corrected chi connectivity index (χ4v) is 2.54. The van der Waals surface area contributed by atoms with Gasteiger partial charge in [-0.25, -0.2) is 0 Å². The van der Waals surface area contributed by atoms with E-state index in [9.17, 15) is 4.79 Å². The van der Waals surface area contributed by atoms with E-state index in [2.05, 4.69) is 11.8 Å². The van der Waals surface area contributed by atoms with Crippen molar-refractivity contribution in [2.24, 2.45) is 0 Å². The van der Waals surface area contributed by atoms with Gasteiger partial charge in [-0.1, -0.05) is 6.92 Å². The molecular formula is C12H23ClN2O2. The van der Waals surface area contributed by atoms with Gasteiger partial charge in [0.05, 0.1) is 6.61 Å². The molecule has 0 radical (unpaired) electrons. The first-order chi connectivity index (χ1) is 8.22. The molecule has 0 unspecified atom stereocenters. The smallest absolute Gasteiger partial charge is 0.237 e. The van der Waals surface area contributed by atoms with E-state index in [4.69, 9.17) is 16.3 Å². The largest absolute Gasteiger partial charge is 0.383 e. The molecule has 100 valence electrons. The summed E-state index contributed by atoms with van der Waals surface area (Å²) in [4.78, 5) is 15.8. The van der Waals surface area contributed by atoms with Gasteiger partial charge in [-0.05, 0) is 19.4 Å². The molecular weight excluding hydrogens is 240 g/mol. The molecule has 0 atom stereocenters. The lowest BCUT2D eigenvalue weighted by Crippen LogP contribution is -2.47. The maximum Gasteiger partial charge on any atom is 0.237 e.